The summed E-state index contributed by atoms with van der Waals surface area (Å²) < 4.78 is 4.41. The average molecular weight is 129 g/mol. The van der Waals surface area contributed by atoms with Crippen molar-refractivity contribution in [3.05, 3.63) is 18.8 Å². The van der Waals surface area contributed by atoms with Crippen molar-refractivity contribution in [2.45, 2.75) is 6.92 Å². The third-order valence-corrected chi connectivity index (χ3v) is 0.590. The third kappa shape index (κ3) is 5.03. The molecular weight excluding hydrogens is 120 g/mol. The highest BCUT2D eigenvalue weighted by Gasteiger charge is 1.99. The Kier molecular flexibility index (Phi) is 3.71. The molecule has 0 aliphatic carbocycles. The largest absolute Gasteiger partial charge is 0.459 e. The molecule has 0 amide bonds. The van der Waals surface area contributed by atoms with Gasteiger partial charge in [-0.3, -0.25) is 0 Å². The summed E-state index contributed by atoms with van der Waals surface area (Å²) in [7, 11) is 0. The lowest BCUT2D eigenvalue weighted by Crippen LogP contribution is -2.06. The summed E-state index contributed by atoms with van der Waals surface area (Å²) in [6.07, 6.45) is 1.12. The Labute approximate surface area is 53.9 Å². The van der Waals surface area contributed by atoms with Crippen molar-refractivity contribution in [3.8, 4) is 0 Å². The van der Waals surface area contributed by atoms with Crippen molar-refractivity contribution >= 4 is 5.97 Å². The van der Waals surface area contributed by atoms with Crippen LogP contribution < -0.4 is 0 Å². The van der Waals surface area contributed by atoms with E-state index >= 15 is 0 Å². The van der Waals surface area contributed by atoms with Crippen LogP contribution in [0.3, 0.4) is 0 Å². The van der Waals surface area contributed by atoms with Gasteiger partial charge in [-0.15, -0.1) is 0 Å². The average Bonchev–Trinajstić information content (AvgIpc) is 1.83. The van der Waals surface area contributed by atoms with Crippen molar-refractivity contribution in [1.29, 1.82) is 0 Å². The molecule has 3 nitrogen and oxygen atoms in total. The number of carbonyl (C=O) groups is 1. The molecule has 0 saturated heterocycles. The molecule has 9 heavy (non-hydrogen) atoms. The number of hydrogen-bond acceptors (Lipinski definition) is 3. The third-order valence-electron chi connectivity index (χ3n) is 0.590. The first-order valence-corrected chi connectivity index (χ1v) is 2.47. The van der Waals surface area contributed by atoms with Gasteiger partial charge in [-0.05, 0) is 6.92 Å². The second-order valence-corrected chi connectivity index (χ2v) is 1.55. The van der Waals surface area contributed by atoms with Crippen LogP contribution in [0, 0.1) is 6.10 Å². The molecule has 0 atom stereocenters. The Bertz CT molecular complexity index is 107. The highest BCUT2D eigenvalue weighted by atomic mass is 16.5. The van der Waals surface area contributed by atoms with E-state index in [1.807, 2.05) is 0 Å². The van der Waals surface area contributed by atoms with Crippen molar-refractivity contribution in [3.63, 3.8) is 0 Å². The molecule has 1 N–H and O–H groups in total. The first-order valence-electron chi connectivity index (χ1n) is 2.47. The van der Waals surface area contributed by atoms with E-state index in [2.05, 4.69) is 11.3 Å². The highest BCUT2D eigenvalue weighted by Crippen LogP contribution is 1.91. The summed E-state index contributed by atoms with van der Waals surface area (Å²) in [6, 6.07) is 0. The number of aliphatic hydroxyl groups excluding tert-OH is 1. The van der Waals surface area contributed by atoms with Gasteiger partial charge in [0.15, 0.2) is 0 Å². The minimum Gasteiger partial charge on any atom is -0.459 e. The fraction of sp³-hybridized carbons (Fsp3) is 0.333. The summed E-state index contributed by atoms with van der Waals surface area (Å²) in [4.78, 5) is 10.3. The summed E-state index contributed by atoms with van der Waals surface area (Å²) >= 11 is 0. The Hall–Kier alpha value is -0.830. The van der Waals surface area contributed by atoms with Crippen molar-refractivity contribution in [2.24, 2.45) is 0 Å². The first-order chi connectivity index (χ1) is 4.16. The van der Waals surface area contributed by atoms with Gasteiger partial charge >= 0.3 is 5.97 Å². The van der Waals surface area contributed by atoms with E-state index in [0.717, 1.165) is 6.08 Å². The molecule has 1 radical (unpaired) electrons. The predicted molar refractivity (Wildman–Crippen MR) is 32.0 cm³/mol. The fourth-order valence-electron chi connectivity index (χ4n) is 0.234. The zero-order valence-electron chi connectivity index (χ0n) is 5.26. The summed E-state index contributed by atoms with van der Waals surface area (Å²) in [5.74, 6) is -0.525. The predicted octanol–water partition coefficient (Wildman–Crippen LogP) is 0.640. The van der Waals surface area contributed by atoms with Gasteiger partial charge in [0.25, 0.3) is 0 Å². The molecule has 51 valence electrons. The normalized spacial score (nSPS) is 9.22. The molecule has 0 aliphatic heterocycles. The molecule has 0 fully saturated rings. The van der Waals surface area contributed by atoms with E-state index in [9.17, 15) is 4.79 Å². The van der Waals surface area contributed by atoms with E-state index < -0.39 is 5.97 Å². The van der Waals surface area contributed by atoms with Crippen LogP contribution in [-0.2, 0) is 9.53 Å². The van der Waals surface area contributed by atoms with Crippen LogP contribution in [0.25, 0.3) is 0 Å². The van der Waals surface area contributed by atoms with E-state index in [-0.39, 0.29) is 12.7 Å². The van der Waals surface area contributed by atoms with Gasteiger partial charge in [-0.1, -0.05) is 6.58 Å². The van der Waals surface area contributed by atoms with Crippen LogP contribution in [0.5, 0.6) is 0 Å². The number of aliphatic hydroxyl groups is 1. The van der Waals surface area contributed by atoms with Gasteiger partial charge in [0.05, 0.1) is 0 Å². The molecule has 0 aliphatic rings. The Morgan fingerprint density at radius 2 is 2.44 bits per heavy atom. The van der Waals surface area contributed by atoms with Crippen molar-refractivity contribution in [1.82, 2.24) is 0 Å². The second-order valence-electron chi connectivity index (χ2n) is 1.55. The first kappa shape index (κ1) is 8.17. The molecule has 0 aromatic rings. The minimum atomic E-state index is -0.525. The van der Waals surface area contributed by atoms with Gasteiger partial charge in [0.2, 0.25) is 0 Å². The lowest BCUT2D eigenvalue weighted by Gasteiger charge is -2.01. The smallest absolute Gasteiger partial charge is 0.330 e. The number of hydrogen-bond donors (Lipinski definition) is 1. The summed E-state index contributed by atoms with van der Waals surface area (Å²) in [5, 5.41) is 8.50. The Morgan fingerprint density at radius 1 is 1.89 bits per heavy atom. The van der Waals surface area contributed by atoms with Crippen molar-refractivity contribution < 1.29 is 14.6 Å². The van der Waals surface area contributed by atoms with E-state index in [1.165, 1.54) is 6.92 Å². The van der Waals surface area contributed by atoms with Gasteiger partial charge in [0.1, 0.15) is 12.7 Å². The molecule has 0 unspecified atom stereocenters. The highest BCUT2D eigenvalue weighted by molar-refractivity contribution is 5.81. The number of carbonyl (C=O) groups excluding carboxylic acids is 1. The molecule has 0 aromatic heterocycles. The minimum absolute atomic E-state index is 0.0507. The molecule has 3 heteroatoms. The van der Waals surface area contributed by atoms with E-state index in [4.69, 9.17) is 5.11 Å². The molecular formula is C6H9O3. The Balaban J connectivity index is 3.27. The standard InChI is InChI=1S/C6H9O3/c1-3-6(8)9-4-5(2)7/h3,7H,1,4H2,2H3. The van der Waals surface area contributed by atoms with Gasteiger partial charge in [0, 0.05) is 6.08 Å². The lowest BCUT2D eigenvalue weighted by molar-refractivity contribution is -0.138. The van der Waals surface area contributed by atoms with Crippen molar-refractivity contribution in [2.75, 3.05) is 6.61 Å². The molecule has 0 rings (SSSR count). The van der Waals surface area contributed by atoms with E-state index in [0.29, 0.717) is 0 Å². The second kappa shape index (κ2) is 4.09. The zero-order valence-corrected chi connectivity index (χ0v) is 5.26. The van der Waals surface area contributed by atoms with Gasteiger partial charge in [-0.2, -0.15) is 0 Å². The van der Waals surface area contributed by atoms with Crippen LogP contribution >= 0.6 is 0 Å². The van der Waals surface area contributed by atoms with Gasteiger partial charge in [-0.25, -0.2) is 4.79 Å². The molecule has 0 aromatic carbocycles. The van der Waals surface area contributed by atoms with Crippen LogP contribution in [0.1, 0.15) is 6.92 Å². The quantitative estimate of drug-likeness (QED) is 0.449. The van der Waals surface area contributed by atoms with Crippen LogP contribution in [-0.4, -0.2) is 17.7 Å². The zero-order chi connectivity index (χ0) is 7.28. The monoisotopic (exact) mass is 129 g/mol. The van der Waals surface area contributed by atoms with Crippen LogP contribution in [0.4, 0.5) is 0 Å². The van der Waals surface area contributed by atoms with Crippen LogP contribution in [0.15, 0.2) is 12.7 Å². The van der Waals surface area contributed by atoms with E-state index in [1.54, 1.807) is 0 Å². The molecule has 0 spiro atoms. The van der Waals surface area contributed by atoms with Crippen LogP contribution in [0.2, 0.25) is 0 Å². The van der Waals surface area contributed by atoms with Gasteiger partial charge < -0.3 is 9.84 Å². The summed E-state index contributed by atoms with van der Waals surface area (Å²) in [5.41, 5.74) is 0. The maximum atomic E-state index is 10.3. The molecule has 0 heterocycles. The SMILES string of the molecule is C=CC(=O)OC[C](C)O. The Morgan fingerprint density at radius 3 is 2.78 bits per heavy atom. The summed E-state index contributed by atoms with van der Waals surface area (Å²) in [6.45, 7) is 4.58. The maximum Gasteiger partial charge on any atom is 0.330 e. The maximum absolute atomic E-state index is 10.3. The molecule has 0 saturated carbocycles. The lowest BCUT2D eigenvalue weighted by atomic mass is 10.4. The number of esters is 1. The molecule has 0 bridgehead atoms. The fourth-order valence-corrected chi connectivity index (χ4v) is 0.234. The topological polar surface area (TPSA) is 46.5 Å². The number of ether oxygens (including phenoxy) is 1. The number of rotatable bonds is 3.